The summed E-state index contributed by atoms with van der Waals surface area (Å²) >= 11 is 0. The van der Waals surface area contributed by atoms with Crippen LogP contribution < -0.4 is 4.73 Å². The molecule has 0 bridgehead atoms. The number of rotatable bonds is 1. The van der Waals surface area contributed by atoms with Gasteiger partial charge in [0.25, 0.3) is 0 Å². The van der Waals surface area contributed by atoms with Crippen LogP contribution in [-0.4, -0.2) is 0 Å². The second kappa shape index (κ2) is 3.29. The van der Waals surface area contributed by atoms with Crippen molar-refractivity contribution in [1.29, 1.82) is 0 Å². The third-order valence-corrected chi connectivity index (χ3v) is 2.42. The van der Waals surface area contributed by atoms with Crippen molar-refractivity contribution >= 4 is 10.9 Å². The highest BCUT2D eigenvalue weighted by Gasteiger charge is 2.12. The van der Waals surface area contributed by atoms with Crippen molar-refractivity contribution in [3.05, 3.63) is 47.3 Å². The fourth-order valence-corrected chi connectivity index (χ4v) is 1.62. The lowest BCUT2D eigenvalue weighted by molar-refractivity contribution is -0.587. The lowest BCUT2D eigenvalue weighted by atomic mass is 10.1. The first-order valence-corrected chi connectivity index (χ1v) is 4.81. The Morgan fingerprint density at radius 1 is 1.07 bits per heavy atom. The maximum Gasteiger partial charge on any atom is 0.223 e. The summed E-state index contributed by atoms with van der Waals surface area (Å²) in [5, 5.41) is 12.9. The molecule has 0 aliphatic heterocycles. The minimum absolute atomic E-state index is 0.261. The number of benzene rings is 1. The Morgan fingerprint density at radius 2 is 1.79 bits per heavy atom. The first kappa shape index (κ1) is 9.00. The molecule has 0 fully saturated rings. The van der Waals surface area contributed by atoms with Crippen LogP contribution in [-0.2, 0) is 0 Å². The third kappa shape index (κ3) is 1.33. The van der Waals surface area contributed by atoms with Crippen LogP contribution in [0.1, 0.15) is 25.5 Å². The number of hydrogen-bond acceptors (Lipinski definition) is 1. The van der Waals surface area contributed by atoms with Crippen molar-refractivity contribution in [1.82, 2.24) is 0 Å². The van der Waals surface area contributed by atoms with Gasteiger partial charge >= 0.3 is 0 Å². The molecule has 0 N–H and O–H groups in total. The van der Waals surface area contributed by atoms with Crippen molar-refractivity contribution in [2.75, 3.05) is 0 Å². The Bertz CT molecular complexity index is 463. The molecule has 2 nitrogen and oxygen atoms in total. The second-order valence-electron chi connectivity index (χ2n) is 3.77. The van der Waals surface area contributed by atoms with Crippen molar-refractivity contribution in [2.45, 2.75) is 19.8 Å². The summed E-state index contributed by atoms with van der Waals surface area (Å²) in [5.41, 5.74) is 1.57. The molecule has 0 atom stereocenters. The van der Waals surface area contributed by atoms with Gasteiger partial charge in [-0.3, -0.25) is 0 Å². The Labute approximate surface area is 83.4 Å². The number of hydrogen-bond donors (Lipinski definition) is 0. The minimum Gasteiger partial charge on any atom is -0.618 e. The van der Waals surface area contributed by atoms with Gasteiger partial charge in [0, 0.05) is 23.4 Å². The Hall–Kier alpha value is -1.57. The van der Waals surface area contributed by atoms with Crippen molar-refractivity contribution < 1.29 is 4.73 Å². The van der Waals surface area contributed by atoms with Crippen LogP contribution >= 0.6 is 0 Å². The van der Waals surface area contributed by atoms with E-state index in [9.17, 15) is 5.21 Å². The fourth-order valence-electron chi connectivity index (χ4n) is 1.62. The molecule has 1 heterocycles. The number of fused-ring (bicyclic) bond motifs is 1. The molecule has 1 aromatic heterocycles. The van der Waals surface area contributed by atoms with Crippen molar-refractivity contribution in [3.8, 4) is 0 Å². The molecule has 14 heavy (non-hydrogen) atoms. The maximum absolute atomic E-state index is 11.9. The van der Waals surface area contributed by atoms with E-state index in [4.69, 9.17) is 0 Å². The van der Waals surface area contributed by atoms with Crippen molar-refractivity contribution in [2.24, 2.45) is 0 Å². The molecular weight excluding hydrogens is 174 g/mol. The molecule has 2 rings (SSSR count). The zero-order valence-corrected chi connectivity index (χ0v) is 8.40. The number of para-hydroxylation sites is 1. The van der Waals surface area contributed by atoms with Gasteiger partial charge in [-0.2, -0.15) is 4.73 Å². The highest BCUT2D eigenvalue weighted by atomic mass is 16.5. The minimum atomic E-state index is 0.261. The van der Waals surface area contributed by atoms with Gasteiger partial charge in [-0.05, 0) is 12.1 Å². The van der Waals surface area contributed by atoms with E-state index in [-0.39, 0.29) is 5.92 Å². The monoisotopic (exact) mass is 187 g/mol. The van der Waals surface area contributed by atoms with E-state index >= 15 is 0 Å². The van der Waals surface area contributed by atoms with Gasteiger partial charge in [-0.25, -0.2) is 0 Å². The summed E-state index contributed by atoms with van der Waals surface area (Å²) in [4.78, 5) is 0. The van der Waals surface area contributed by atoms with E-state index in [0.717, 1.165) is 21.3 Å². The quantitative estimate of drug-likeness (QED) is 0.498. The van der Waals surface area contributed by atoms with Crippen LogP contribution in [0.3, 0.4) is 0 Å². The molecule has 0 radical (unpaired) electrons. The molecule has 0 amide bonds. The summed E-state index contributed by atoms with van der Waals surface area (Å²) in [7, 11) is 0. The zero-order valence-electron chi connectivity index (χ0n) is 8.40. The van der Waals surface area contributed by atoms with Gasteiger partial charge in [-0.15, -0.1) is 0 Å². The van der Waals surface area contributed by atoms with E-state index in [1.54, 1.807) is 0 Å². The Balaban J connectivity index is 2.75. The van der Waals surface area contributed by atoms with Crippen LogP contribution in [0.2, 0.25) is 0 Å². The van der Waals surface area contributed by atoms with E-state index < -0.39 is 0 Å². The molecular formula is C12H13NO. The molecule has 0 aliphatic carbocycles. The molecule has 2 heteroatoms. The molecule has 72 valence electrons. The van der Waals surface area contributed by atoms with Gasteiger partial charge in [0.2, 0.25) is 5.52 Å². The standard InChI is InChI=1S/C12H13NO/c1-9(2)11-8-7-10-5-3-4-6-12(10)13(11)14/h3-9H,1-2H3. The summed E-state index contributed by atoms with van der Waals surface area (Å²) in [6.07, 6.45) is 0. The van der Waals surface area contributed by atoms with Gasteiger partial charge in [0.15, 0.2) is 5.69 Å². The highest BCUT2D eigenvalue weighted by Crippen LogP contribution is 2.15. The molecule has 0 aliphatic rings. The molecule has 0 unspecified atom stereocenters. The number of aromatic nitrogens is 1. The van der Waals surface area contributed by atoms with Crippen LogP contribution in [0.4, 0.5) is 0 Å². The van der Waals surface area contributed by atoms with Gasteiger partial charge < -0.3 is 5.21 Å². The average molecular weight is 187 g/mol. The van der Waals surface area contributed by atoms with Gasteiger partial charge in [0.05, 0.1) is 0 Å². The SMILES string of the molecule is CC(C)c1ccc2ccccc2[n+]1[O-]. The normalized spacial score (nSPS) is 11.1. The predicted molar refractivity (Wildman–Crippen MR) is 57.0 cm³/mol. The van der Waals surface area contributed by atoms with E-state index in [1.807, 2.05) is 50.2 Å². The molecule has 0 saturated heterocycles. The molecule has 1 aromatic carbocycles. The first-order valence-electron chi connectivity index (χ1n) is 4.81. The summed E-state index contributed by atoms with van der Waals surface area (Å²) in [5.74, 6) is 0.261. The van der Waals surface area contributed by atoms with Crippen molar-refractivity contribution in [3.63, 3.8) is 0 Å². The molecule has 0 saturated carbocycles. The van der Waals surface area contributed by atoms with Crippen LogP contribution in [0, 0.1) is 5.21 Å². The highest BCUT2D eigenvalue weighted by molar-refractivity contribution is 5.75. The van der Waals surface area contributed by atoms with E-state index in [2.05, 4.69) is 0 Å². The van der Waals surface area contributed by atoms with Gasteiger partial charge in [-0.1, -0.05) is 26.0 Å². The van der Waals surface area contributed by atoms with E-state index in [0.29, 0.717) is 0 Å². The number of pyridine rings is 1. The predicted octanol–water partition coefficient (Wildman–Crippen LogP) is 2.60. The lowest BCUT2D eigenvalue weighted by Crippen LogP contribution is -2.33. The lowest BCUT2D eigenvalue weighted by Gasteiger charge is -2.09. The summed E-state index contributed by atoms with van der Waals surface area (Å²) < 4.78 is 1.03. The van der Waals surface area contributed by atoms with Crippen LogP contribution in [0.5, 0.6) is 0 Å². The Kier molecular flexibility index (Phi) is 2.12. The summed E-state index contributed by atoms with van der Waals surface area (Å²) in [6.45, 7) is 4.05. The molecule has 2 aromatic rings. The van der Waals surface area contributed by atoms with Crippen LogP contribution in [0.15, 0.2) is 36.4 Å². The van der Waals surface area contributed by atoms with Gasteiger partial charge in [0.1, 0.15) is 0 Å². The topological polar surface area (TPSA) is 26.9 Å². The maximum atomic E-state index is 11.9. The second-order valence-corrected chi connectivity index (χ2v) is 3.77. The fraction of sp³-hybridized carbons (Fsp3) is 0.250. The van der Waals surface area contributed by atoms with Crippen LogP contribution in [0.25, 0.3) is 10.9 Å². The summed E-state index contributed by atoms with van der Waals surface area (Å²) in [6, 6.07) is 11.5. The Morgan fingerprint density at radius 3 is 2.50 bits per heavy atom. The van der Waals surface area contributed by atoms with E-state index in [1.165, 1.54) is 0 Å². The zero-order chi connectivity index (χ0) is 10.1. The first-order chi connectivity index (χ1) is 6.70. The largest absolute Gasteiger partial charge is 0.618 e. The average Bonchev–Trinajstić information content (AvgIpc) is 2.18. The smallest absolute Gasteiger partial charge is 0.223 e. The molecule has 0 spiro atoms. The number of nitrogens with zero attached hydrogens (tertiary/aromatic N) is 1. The third-order valence-electron chi connectivity index (χ3n) is 2.42.